The van der Waals surface area contributed by atoms with E-state index in [9.17, 15) is 4.79 Å². The molecule has 0 aliphatic carbocycles. The van der Waals surface area contributed by atoms with E-state index in [2.05, 4.69) is 22.2 Å². The molecular weight excluding hydrogens is 326 g/mol. The number of likely N-dealkylation sites (N-methyl/N-ethyl adjacent to an activating group) is 1. The van der Waals surface area contributed by atoms with Gasteiger partial charge in [0.1, 0.15) is 5.75 Å². The molecule has 5 nitrogen and oxygen atoms in total. The number of hydrogen-bond acceptors (Lipinski definition) is 4. The van der Waals surface area contributed by atoms with Gasteiger partial charge < -0.3 is 19.9 Å². The number of rotatable bonds is 7. The van der Waals surface area contributed by atoms with Crippen LogP contribution in [0.3, 0.4) is 0 Å². The molecule has 2 aromatic rings. The van der Waals surface area contributed by atoms with Crippen molar-refractivity contribution in [1.29, 1.82) is 0 Å². The number of ether oxygens (including phenoxy) is 1. The third kappa shape index (κ3) is 4.96. The van der Waals surface area contributed by atoms with E-state index in [0.29, 0.717) is 6.54 Å². The summed E-state index contributed by atoms with van der Waals surface area (Å²) in [5.74, 6) is 0.694. The van der Waals surface area contributed by atoms with Gasteiger partial charge in [0.25, 0.3) is 5.91 Å². The molecule has 1 heterocycles. The number of benzene rings is 2. The second-order valence-electron chi connectivity index (χ2n) is 7.03. The van der Waals surface area contributed by atoms with Crippen molar-refractivity contribution in [1.82, 2.24) is 15.1 Å². The molecule has 0 radical (unpaired) electrons. The fourth-order valence-electron chi connectivity index (χ4n) is 3.27. The first-order valence-corrected chi connectivity index (χ1v) is 9.46. The minimum absolute atomic E-state index is 0.0590. The fourth-order valence-corrected chi connectivity index (χ4v) is 3.27. The van der Waals surface area contributed by atoms with E-state index in [1.807, 2.05) is 42.5 Å². The van der Waals surface area contributed by atoms with Crippen molar-refractivity contribution >= 4 is 16.7 Å². The summed E-state index contributed by atoms with van der Waals surface area (Å²) in [6, 6.07) is 14.0. The van der Waals surface area contributed by atoms with E-state index >= 15 is 0 Å². The van der Waals surface area contributed by atoms with Crippen molar-refractivity contribution < 1.29 is 9.53 Å². The summed E-state index contributed by atoms with van der Waals surface area (Å²) in [7, 11) is 2.16. The van der Waals surface area contributed by atoms with Crippen molar-refractivity contribution in [2.75, 3.05) is 46.3 Å². The Hall–Kier alpha value is -2.11. The zero-order valence-corrected chi connectivity index (χ0v) is 15.8. The average molecular weight is 355 g/mol. The van der Waals surface area contributed by atoms with Crippen LogP contribution in [-0.4, -0.2) is 68.1 Å². The Labute approximate surface area is 155 Å². The number of hydrogen-bond donors (Lipinski definition) is 1. The Balaban J connectivity index is 1.43. The summed E-state index contributed by atoms with van der Waals surface area (Å²) >= 11 is 0. The minimum Gasteiger partial charge on any atom is -0.480 e. The van der Waals surface area contributed by atoms with Crippen LogP contribution in [0.15, 0.2) is 42.5 Å². The highest BCUT2D eigenvalue weighted by molar-refractivity contribution is 5.89. The van der Waals surface area contributed by atoms with Gasteiger partial charge >= 0.3 is 0 Å². The highest BCUT2D eigenvalue weighted by atomic mass is 16.5. The van der Waals surface area contributed by atoms with Gasteiger partial charge in [-0.15, -0.1) is 0 Å². The van der Waals surface area contributed by atoms with Crippen LogP contribution in [0.5, 0.6) is 5.75 Å². The Morgan fingerprint density at radius 1 is 1.12 bits per heavy atom. The average Bonchev–Trinajstić information content (AvgIpc) is 2.66. The van der Waals surface area contributed by atoms with Gasteiger partial charge in [0.2, 0.25) is 0 Å². The molecule has 1 aliphatic rings. The molecule has 1 fully saturated rings. The molecule has 1 atom stereocenters. The smallest absolute Gasteiger partial charge is 0.260 e. The minimum atomic E-state index is -0.510. The van der Waals surface area contributed by atoms with Gasteiger partial charge in [0.05, 0.1) is 0 Å². The first kappa shape index (κ1) is 18.7. The van der Waals surface area contributed by atoms with Crippen LogP contribution in [-0.2, 0) is 4.79 Å². The van der Waals surface area contributed by atoms with Crippen LogP contribution in [0.25, 0.3) is 10.8 Å². The highest BCUT2D eigenvalue weighted by Gasteiger charge is 2.16. The van der Waals surface area contributed by atoms with Crippen LogP contribution in [0.2, 0.25) is 0 Å². The molecule has 140 valence electrons. The number of amides is 1. The quantitative estimate of drug-likeness (QED) is 0.775. The van der Waals surface area contributed by atoms with E-state index in [4.69, 9.17) is 4.74 Å². The second kappa shape index (κ2) is 9.01. The Kier molecular flexibility index (Phi) is 6.47. The summed E-state index contributed by atoms with van der Waals surface area (Å²) in [5, 5.41) is 5.15. The van der Waals surface area contributed by atoms with Crippen LogP contribution in [0, 0.1) is 0 Å². The highest BCUT2D eigenvalue weighted by Crippen LogP contribution is 2.25. The van der Waals surface area contributed by atoms with Crippen molar-refractivity contribution in [3.63, 3.8) is 0 Å². The molecule has 2 aromatic carbocycles. The largest absolute Gasteiger partial charge is 0.480 e. The van der Waals surface area contributed by atoms with Gasteiger partial charge in [-0.2, -0.15) is 0 Å². The third-order valence-electron chi connectivity index (χ3n) is 4.97. The van der Waals surface area contributed by atoms with Crippen molar-refractivity contribution in [2.24, 2.45) is 0 Å². The summed E-state index contributed by atoms with van der Waals surface area (Å²) in [5.41, 5.74) is 0. The molecule has 0 spiro atoms. The maximum absolute atomic E-state index is 12.3. The van der Waals surface area contributed by atoms with E-state index in [1.54, 1.807) is 6.92 Å². The Bertz CT molecular complexity index is 721. The predicted octanol–water partition coefficient (Wildman–Crippen LogP) is 2.36. The molecule has 3 rings (SSSR count). The molecule has 1 amide bonds. The van der Waals surface area contributed by atoms with E-state index in [0.717, 1.165) is 55.7 Å². The van der Waals surface area contributed by atoms with Gasteiger partial charge in [0.15, 0.2) is 6.10 Å². The predicted molar refractivity (Wildman–Crippen MR) is 106 cm³/mol. The van der Waals surface area contributed by atoms with E-state index in [-0.39, 0.29) is 5.91 Å². The SMILES string of the molecule is CC(Oc1cccc2ccccc12)C(=O)NCCCN1CCN(C)CC1. The van der Waals surface area contributed by atoms with Crippen molar-refractivity contribution in [3.8, 4) is 5.75 Å². The van der Waals surface area contributed by atoms with E-state index in [1.165, 1.54) is 0 Å². The van der Waals surface area contributed by atoms with Crippen molar-refractivity contribution in [3.05, 3.63) is 42.5 Å². The standard InChI is InChI=1S/C21H29N3O2/c1-17(26-20-10-5-8-18-7-3-4-9-19(18)20)21(25)22-11-6-12-24-15-13-23(2)14-16-24/h3-5,7-10,17H,6,11-16H2,1-2H3,(H,22,25). The monoisotopic (exact) mass is 355 g/mol. The molecule has 1 saturated heterocycles. The van der Waals surface area contributed by atoms with Crippen LogP contribution < -0.4 is 10.1 Å². The van der Waals surface area contributed by atoms with Gasteiger partial charge in [-0.05, 0) is 38.4 Å². The van der Waals surface area contributed by atoms with Gasteiger partial charge in [-0.1, -0.05) is 36.4 Å². The molecule has 5 heteroatoms. The van der Waals surface area contributed by atoms with E-state index < -0.39 is 6.10 Å². The second-order valence-corrected chi connectivity index (χ2v) is 7.03. The molecule has 0 aromatic heterocycles. The maximum atomic E-state index is 12.3. The van der Waals surface area contributed by atoms with Crippen LogP contribution in [0.4, 0.5) is 0 Å². The lowest BCUT2D eigenvalue weighted by Gasteiger charge is -2.32. The molecule has 0 bridgehead atoms. The fraction of sp³-hybridized carbons (Fsp3) is 0.476. The number of carbonyl (C=O) groups excluding carboxylic acids is 1. The summed E-state index contributed by atoms with van der Waals surface area (Å²) in [4.78, 5) is 17.1. The molecule has 0 saturated carbocycles. The molecule has 1 unspecified atom stereocenters. The zero-order chi connectivity index (χ0) is 18.4. The van der Waals surface area contributed by atoms with Gasteiger partial charge in [0, 0.05) is 38.1 Å². The van der Waals surface area contributed by atoms with Crippen molar-refractivity contribution in [2.45, 2.75) is 19.4 Å². The normalized spacial score (nSPS) is 17.2. The third-order valence-corrected chi connectivity index (χ3v) is 4.97. The van der Waals surface area contributed by atoms with Crippen LogP contribution >= 0.6 is 0 Å². The van der Waals surface area contributed by atoms with Gasteiger partial charge in [-0.25, -0.2) is 0 Å². The topological polar surface area (TPSA) is 44.8 Å². The maximum Gasteiger partial charge on any atom is 0.260 e. The zero-order valence-electron chi connectivity index (χ0n) is 15.8. The summed E-state index contributed by atoms with van der Waals surface area (Å²) < 4.78 is 5.92. The molecule has 1 aliphatic heterocycles. The number of fused-ring (bicyclic) bond motifs is 1. The number of nitrogens with one attached hydrogen (secondary N) is 1. The Morgan fingerprint density at radius 3 is 2.65 bits per heavy atom. The summed E-state index contributed by atoms with van der Waals surface area (Å²) in [6.45, 7) is 8.01. The number of nitrogens with zero attached hydrogens (tertiary/aromatic N) is 2. The first-order valence-electron chi connectivity index (χ1n) is 9.46. The molecule has 26 heavy (non-hydrogen) atoms. The lowest BCUT2D eigenvalue weighted by molar-refractivity contribution is -0.127. The van der Waals surface area contributed by atoms with Crippen LogP contribution in [0.1, 0.15) is 13.3 Å². The number of piperazine rings is 1. The summed E-state index contributed by atoms with van der Waals surface area (Å²) in [6.07, 6.45) is 0.459. The lowest BCUT2D eigenvalue weighted by atomic mass is 10.1. The van der Waals surface area contributed by atoms with Gasteiger partial charge in [-0.3, -0.25) is 4.79 Å². The Morgan fingerprint density at radius 2 is 1.85 bits per heavy atom. The lowest BCUT2D eigenvalue weighted by Crippen LogP contribution is -2.45. The molecular formula is C21H29N3O2. The molecule has 1 N–H and O–H groups in total. The first-order chi connectivity index (χ1) is 12.6. The number of carbonyl (C=O) groups is 1.